The number of benzene rings is 1. The third kappa shape index (κ3) is 4.11. The lowest BCUT2D eigenvalue weighted by Gasteiger charge is -2.25. The van der Waals surface area contributed by atoms with Gasteiger partial charge in [-0.25, -0.2) is 0 Å². The van der Waals surface area contributed by atoms with Crippen LogP contribution in [0.2, 0.25) is 5.02 Å². The lowest BCUT2D eigenvalue weighted by atomic mass is 10.1. The second-order valence-corrected chi connectivity index (χ2v) is 4.50. The topological polar surface area (TPSA) is 38.3 Å². The maximum absolute atomic E-state index is 11.8. The van der Waals surface area contributed by atoms with Gasteiger partial charge in [-0.05, 0) is 38.1 Å². The van der Waals surface area contributed by atoms with E-state index in [1.165, 1.54) is 0 Å². The molecule has 17 heavy (non-hydrogen) atoms. The minimum absolute atomic E-state index is 0.188. The van der Waals surface area contributed by atoms with E-state index in [0.29, 0.717) is 17.3 Å². The molecule has 1 N–H and O–H groups in total. The summed E-state index contributed by atoms with van der Waals surface area (Å²) < 4.78 is 5.61. The Hall–Kier alpha value is -1.48. The van der Waals surface area contributed by atoms with Crippen molar-refractivity contribution in [1.29, 1.82) is 0 Å². The van der Waals surface area contributed by atoms with Gasteiger partial charge in [0.2, 0.25) is 0 Å². The van der Waals surface area contributed by atoms with E-state index in [2.05, 4.69) is 11.9 Å². The van der Waals surface area contributed by atoms with Crippen LogP contribution in [-0.4, -0.2) is 18.1 Å². The van der Waals surface area contributed by atoms with E-state index >= 15 is 0 Å². The van der Waals surface area contributed by atoms with Gasteiger partial charge < -0.3 is 10.1 Å². The van der Waals surface area contributed by atoms with Gasteiger partial charge in [-0.2, -0.15) is 0 Å². The number of carbonyl (C=O) groups excluding carboxylic acids is 1. The predicted molar refractivity (Wildman–Crippen MR) is 69.4 cm³/mol. The predicted octanol–water partition coefficient (Wildman–Crippen LogP) is 2.80. The molecule has 0 heterocycles. The molecule has 0 unspecified atom stereocenters. The van der Waals surface area contributed by atoms with Crippen molar-refractivity contribution in [3.63, 3.8) is 0 Å². The highest BCUT2D eigenvalue weighted by Crippen LogP contribution is 2.20. The number of hydrogen-bond donors (Lipinski definition) is 1. The van der Waals surface area contributed by atoms with Crippen molar-refractivity contribution in [3.05, 3.63) is 41.9 Å². The highest BCUT2D eigenvalue weighted by atomic mass is 35.5. The highest BCUT2D eigenvalue weighted by molar-refractivity contribution is 6.30. The first-order valence-corrected chi connectivity index (χ1v) is 5.67. The first-order valence-electron chi connectivity index (χ1n) is 5.29. The summed E-state index contributed by atoms with van der Waals surface area (Å²) in [4.78, 5) is 11.8. The van der Waals surface area contributed by atoms with Gasteiger partial charge in [0.25, 0.3) is 5.91 Å². The normalized spacial score (nSPS) is 10.8. The summed E-state index contributed by atoms with van der Waals surface area (Å²) >= 11 is 5.77. The standard InChI is InChI=1S/C13H16ClNO2/c1-4-9-15-12(16)13(2,3)17-11-7-5-10(14)6-8-11/h4-8H,1,9H2,2-3H3,(H,15,16). The van der Waals surface area contributed by atoms with Crippen LogP contribution in [0.3, 0.4) is 0 Å². The Morgan fingerprint density at radius 2 is 2.06 bits per heavy atom. The summed E-state index contributed by atoms with van der Waals surface area (Å²) in [5.74, 6) is 0.417. The van der Waals surface area contributed by atoms with Crippen LogP contribution in [0.4, 0.5) is 0 Å². The minimum Gasteiger partial charge on any atom is -0.478 e. The molecule has 3 nitrogen and oxygen atoms in total. The smallest absolute Gasteiger partial charge is 0.263 e. The summed E-state index contributed by atoms with van der Waals surface area (Å²) in [6.45, 7) is 7.38. The van der Waals surface area contributed by atoms with E-state index in [1.807, 2.05) is 0 Å². The first kappa shape index (κ1) is 13.6. The van der Waals surface area contributed by atoms with Crippen LogP contribution >= 0.6 is 11.6 Å². The molecule has 0 aromatic heterocycles. The van der Waals surface area contributed by atoms with Crippen LogP contribution in [0, 0.1) is 0 Å². The van der Waals surface area contributed by atoms with Crippen LogP contribution in [0.1, 0.15) is 13.8 Å². The summed E-state index contributed by atoms with van der Waals surface area (Å²) in [6, 6.07) is 6.89. The van der Waals surface area contributed by atoms with Crippen LogP contribution in [0.15, 0.2) is 36.9 Å². The number of amides is 1. The van der Waals surface area contributed by atoms with E-state index in [1.54, 1.807) is 44.2 Å². The van der Waals surface area contributed by atoms with E-state index < -0.39 is 5.60 Å². The average Bonchev–Trinajstić information content (AvgIpc) is 2.28. The Morgan fingerprint density at radius 1 is 1.47 bits per heavy atom. The summed E-state index contributed by atoms with van der Waals surface area (Å²) in [7, 11) is 0. The molecule has 0 aliphatic rings. The van der Waals surface area contributed by atoms with Gasteiger partial charge in [-0.3, -0.25) is 4.79 Å². The fraction of sp³-hybridized carbons (Fsp3) is 0.308. The minimum atomic E-state index is -0.934. The van der Waals surface area contributed by atoms with Crippen molar-refractivity contribution in [2.24, 2.45) is 0 Å². The van der Waals surface area contributed by atoms with Crippen molar-refractivity contribution >= 4 is 17.5 Å². The van der Waals surface area contributed by atoms with Gasteiger partial charge in [0.1, 0.15) is 5.75 Å². The van der Waals surface area contributed by atoms with Crippen LogP contribution < -0.4 is 10.1 Å². The molecule has 0 aliphatic carbocycles. The average molecular weight is 254 g/mol. The Balaban J connectivity index is 2.68. The number of hydrogen-bond acceptors (Lipinski definition) is 2. The zero-order chi connectivity index (χ0) is 12.9. The van der Waals surface area contributed by atoms with E-state index in [9.17, 15) is 4.79 Å². The molecule has 0 spiro atoms. The fourth-order valence-corrected chi connectivity index (χ4v) is 1.35. The molecule has 0 saturated carbocycles. The van der Waals surface area contributed by atoms with Crippen molar-refractivity contribution in [1.82, 2.24) is 5.32 Å². The van der Waals surface area contributed by atoms with Crippen molar-refractivity contribution in [2.45, 2.75) is 19.4 Å². The summed E-state index contributed by atoms with van der Waals surface area (Å²) in [6.07, 6.45) is 1.62. The van der Waals surface area contributed by atoms with Crippen LogP contribution in [0.25, 0.3) is 0 Å². The lowest BCUT2D eigenvalue weighted by Crippen LogP contribution is -2.46. The molecule has 0 radical (unpaired) electrons. The maximum atomic E-state index is 11.8. The van der Waals surface area contributed by atoms with Gasteiger partial charge in [-0.1, -0.05) is 17.7 Å². The molecular weight excluding hydrogens is 238 g/mol. The number of carbonyl (C=O) groups is 1. The SMILES string of the molecule is C=CCNC(=O)C(C)(C)Oc1ccc(Cl)cc1. The molecule has 1 aromatic rings. The molecule has 0 fully saturated rings. The second kappa shape index (κ2) is 5.73. The molecule has 0 saturated heterocycles. The monoisotopic (exact) mass is 253 g/mol. The van der Waals surface area contributed by atoms with Gasteiger partial charge in [0, 0.05) is 11.6 Å². The molecular formula is C13H16ClNO2. The van der Waals surface area contributed by atoms with E-state index in [4.69, 9.17) is 16.3 Å². The number of rotatable bonds is 5. The van der Waals surface area contributed by atoms with Crippen molar-refractivity contribution < 1.29 is 9.53 Å². The van der Waals surface area contributed by atoms with E-state index in [-0.39, 0.29) is 5.91 Å². The summed E-state index contributed by atoms with van der Waals surface area (Å²) in [5, 5.41) is 3.33. The van der Waals surface area contributed by atoms with Gasteiger partial charge >= 0.3 is 0 Å². The third-order valence-electron chi connectivity index (χ3n) is 2.14. The number of ether oxygens (including phenoxy) is 1. The molecule has 0 bridgehead atoms. The molecule has 0 atom stereocenters. The largest absolute Gasteiger partial charge is 0.478 e. The summed E-state index contributed by atoms with van der Waals surface area (Å²) in [5.41, 5.74) is -0.934. The van der Waals surface area contributed by atoms with E-state index in [0.717, 1.165) is 0 Å². The Kier molecular flexibility index (Phi) is 4.58. The molecule has 1 aromatic carbocycles. The maximum Gasteiger partial charge on any atom is 0.263 e. The molecule has 1 amide bonds. The quantitative estimate of drug-likeness (QED) is 0.820. The van der Waals surface area contributed by atoms with Crippen molar-refractivity contribution in [2.75, 3.05) is 6.54 Å². The van der Waals surface area contributed by atoms with Crippen LogP contribution in [-0.2, 0) is 4.79 Å². The van der Waals surface area contributed by atoms with Crippen LogP contribution in [0.5, 0.6) is 5.75 Å². The molecule has 1 rings (SSSR count). The fourth-order valence-electron chi connectivity index (χ4n) is 1.22. The van der Waals surface area contributed by atoms with Crippen molar-refractivity contribution in [3.8, 4) is 5.75 Å². The zero-order valence-electron chi connectivity index (χ0n) is 10.00. The second-order valence-electron chi connectivity index (χ2n) is 4.06. The molecule has 4 heteroatoms. The first-order chi connectivity index (χ1) is 7.95. The van der Waals surface area contributed by atoms with Gasteiger partial charge in [0.05, 0.1) is 0 Å². The molecule has 92 valence electrons. The Labute approximate surface area is 106 Å². The zero-order valence-corrected chi connectivity index (χ0v) is 10.8. The number of halogens is 1. The Bertz CT molecular complexity index is 398. The van der Waals surface area contributed by atoms with Gasteiger partial charge in [-0.15, -0.1) is 6.58 Å². The highest BCUT2D eigenvalue weighted by Gasteiger charge is 2.29. The third-order valence-corrected chi connectivity index (χ3v) is 2.39. The Morgan fingerprint density at radius 3 is 2.59 bits per heavy atom. The number of nitrogens with one attached hydrogen (secondary N) is 1. The molecule has 0 aliphatic heterocycles. The lowest BCUT2D eigenvalue weighted by molar-refractivity contribution is -0.133. The van der Waals surface area contributed by atoms with Gasteiger partial charge in [0.15, 0.2) is 5.60 Å².